The van der Waals surface area contributed by atoms with Crippen LogP contribution in [0.5, 0.6) is 0 Å². The first-order valence-corrected chi connectivity index (χ1v) is 8.84. The molecule has 0 bridgehead atoms. The topological polar surface area (TPSA) is 69.1 Å². The number of alkyl halides is 2. The summed E-state index contributed by atoms with van der Waals surface area (Å²) in [6.45, 7) is 6.28. The zero-order valence-corrected chi connectivity index (χ0v) is 15.7. The Kier molecular flexibility index (Phi) is 4.41. The molecule has 4 aromatic rings. The summed E-state index contributed by atoms with van der Waals surface area (Å²) >= 11 is 0. The van der Waals surface area contributed by atoms with Crippen LogP contribution in [0.3, 0.4) is 0 Å². The third kappa shape index (κ3) is 3.62. The summed E-state index contributed by atoms with van der Waals surface area (Å²) in [5, 5.41) is 7.85. The van der Waals surface area contributed by atoms with Gasteiger partial charge in [0, 0.05) is 23.7 Å². The van der Waals surface area contributed by atoms with Gasteiger partial charge in [0.2, 0.25) is 0 Å². The van der Waals surface area contributed by atoms with Crippen LogP contribution >= 0.6 is 0 Å². The molecule has 6 nitrogen and oxygen atoms in total. The molecule has 0 unspecified atom stereocenters. The Labute approximate surface area is 160 Å². The molecule has 144 valence electrons. The van der Waals surface area contributed by atoms with Crippen molar-refractivity contribution in [2.24, 2.45) is 5.41 Å². The Morgan fingerprint density at radius 3 is 2.75 bits per heavy atom. The van der Waals surface area contributed by atoms with Gasteiger partial charge in [0.15, 0.2) is 17.3 Å². The number of rotatable bonds is 4. The van der Waals surface area contributed by atoms with E-state index < -0.39 is 6.43 Å². The monoisotopic (exact) mass is 383 g/mol. The molecule has 0 aliphatic heterocycles. The first kappa shape index (κ1) is 18.2. The molecular weight excluding hydrogens is 364 g/mol. The van der Waals surface area contributed by atoms with E-state index in [1.54, 1.807) is 41.3 Å². The van der Waals surface area contributed by atoms with Crippen LogP contribution in [0.2, 0.25) is 0 Å². The highest BCUT2D eigenvalue weighted by atomic mass is 19.3. The van der Waals surface area contributed by atoms with Crippen LogP contribution in [0.4, 0.5) is 8.78 Å². The Morgan fingerprint density at radius 2 is 2.00 bits per heavy atom. The van der Waals surface area contributed by atoms with E-state index in [0.29, 0.717) is 40.5 Å². The lowest BCUT2D eigenvalue weighted by atomic mass is 9.92. The molecule has 0 saturated carbocycles. The summed E-state index contributed by atoms with van der Waals surface area (Å²) < 4.78 is 34.2. The van der Waals surface area contributed by atoms with Gasteiger partial charge in [-0.25, -0.2) is 18.7 Å². The third-order valence-electron chi connectivity index (χ3n) is 4.21. The van der Waals surface area contributed by atoms with Crippen LogP contribution in [-0.4, -0.2) is 24.6 Å². The molecule has 4 rings (SSSR count). The lowest BCUT2D eigenvalue weighted by molar-refractivity contribution is 0.146. The van der Waals surface area contributed by atoms with Crippen molar-refractivity contribution < 1.29 is 13.2 Å². The Bertz CT molecular complexity index is 1130. The molecule has 8 heteroatoms. The number of nitrogens with zero attached hydrogens (tertiary/aromatic N) is 5. The number of fused-ring (bicyclic) bond motifs is 1. The summed E-state index contributed by atoms with van der Waals surface area (Å²) in [4.78, 5) is 8.54. The Balaban J connectivity index is 1.83. The standard InChI is InChI=1S/C20H19F2N5O/c1-20(2,3)9-17-23-10-15(28-17)13-4-5-14(19(21)22)25-18(13)12-6-7-27-11-24-26-16(27)8-12/h4-8,10-11,19H,9H2,1-3H3. The fourth-order valence-electron chi connectivity index (χ4n) is 2.95. The number of halogens is 2. The number of pyridine rings is 2. The molecule has 28 heavy (non-hydrogen) atoms. The van der Waals surface area contributed by atoms with Crippen molar-refractivity contribution >= 4 is 5.65 Å². The lowest BCUT2D eigenvalue weighted by Crippen LogP contribution is -2.09. The molecule has 0 N–H and O–H groups in total. The second-order valence-corrected chi connectivity index (χ2v) is 7.80. The van der Waals surface area contributed by atoms with Gasteiger partial charge in [-0.05, 0) is 29.7 Å². The third-order valence-corrected chi connectivity index (χ3v) is 4.21. The van der Waals surface area contributed by atoms with Crippen LogP contribution in [0.15, 0.2) is 47.4 Å². The molecule has 0 saturated heterocycles. The van der Waals surface area contributed by atoms with E-state index in [1.165, 1.54) is 6.07 Å². The van der Waals surface area contributed by atoms with E-state index >= 15 is 0 Å². The van der Waals surface area contributed by atoms with Gasteiger partial charge >= 0.3 is 0 Å². The fraction of sp³-hybridized carbons (Fsp3) is 0.300. The first-order chi connectivity index (χ1) is 13.3. The second kappa shape index (κ2) is 6.78. The summed E-state index contributed by atoms with van der Waals surface area (Å²) in [7, 11) is 0. The van der Waals surface area contributed by atoms with Gasteiger partial charge in [-0.3, -0.25) is 4.40 Å². The first-order valence-electron chi connectivity index (χ1n) is 8.84. The van der Waals surface area contributed by atoms with Gasteiger partial charge in [0.1, 0.15) is 12.0 Å². The molecule has 0 spiro atoms. The molecule has 4 heterocycles. The normalized spacial score (nSPS) is 12.2. The zero-order valence-electron chi connectivity index (χ0n) is 15.7. The van der Waals surface area contributed by atoms with Gasteiger partial charge < -0.3 is 4.42 Å². The fourth-order valence-corrected chi connectivity index (χ4v) is 2.95. The number of oxazole rings is 1. The van der Waals surface area contributed by atoms with Crippen molar-refractivity contribution in [1.29, 1.82) is 0 Å². The van der Waals surface area contributed by atoms with E-state index in [1.807, 2.05) is 0 Å². The van der Waals surface area contributed by atoms with Crippen molar-refractivity contribution in [3.63, 3.8) is 0 Å². The van der Waals surface area contributed by atoms with Gasteiger partial charge in [0.25, 0.3) is 6.43 Å². The summed E-state index contributed by atoms with van der Waals surface area (Å²) in [6, 6.07) is 6.44. The minimum atomic E-state index is -2.67. The minimum absolute atomic E-state index is 0.0153. The highest BCUT2D eigenvalue weighted by Crippen LogP contribution is 2.34. The second-order valence-electron chi connectivity index (χ2n) is 7.80. The lowest BCUT2D eigenvalue weighted by Gasteiger charge is -2.14. The Hall–Kier alpha value is -3.16. The molecule has 0 aliphatic carbocycles. The van der Waals surface area contributed by atoms with Crippen LogP contribution in [-0.2, 0) is 6.42 Å². The quantitative estimate of drug-likeness (QED) is 0.497. The summed E-state index contributed by atoms with van der Waals surface area (Å²) in [5.41, 5.74) is 1.95. The molecule has 0 aliphatic rings. The zero-order chi connectivity index (χ0) is 19.9. The molecule has 0 fully saturated rings. The minimum Gasteiger partial charge on any atom is -0.441 e. The molecule has 4 aromatic heterocycles. The van der Waals surface area contributed by atoms with Crippen LogP contribution in [0, 0.1) is 5.41 Å². The number of hydrogen-bond acceptors (Lipinski definition) is 5. The molecule has 0 radical (unpaired) electrons. The maximum absolute atomic E-state index is 13.3. The van der Waals surface area contributed by atoms with E-state index in [9.17, 15) is 8.78 Å². The Morgan fingerprint density at radius 1 is 1.18 bits per heavy atom. The van der Waals surface area contributed by atoms with Gasteiger partial charge in [-0.1, -0.05) is 20.8 Å². The highest BCUT2D eigenvalue weighted by Gasteiger charge is 2.20. The largest absolute Gasteiger partial charge is 0.441 e. The highest BCUT2D eigenvalue weighted by molar-refractivity contribution is 5.79. The number of aromatic nitrogens is 5. The molecule has 0 atom stereocenters. The average Bonchev–Trinajstić information content (AvgIpc) is 3.28. The maximum atomic E-state index is 13.3. The van der Waals surface area contributed by atoms with E-state index in [4.69, 9.17) is 4.42 Å². The smallest absolute Gasteiger partial charge is 0.280 e. The SMILES string of the molecule is CC(C)(C)Cc1ncc(-c2ccc(C(F)F)nc2-c2ccn3cnnc3c2)o1. The van der Waals surface area contributed by atoms with Crippen molar-refractivity contribution in [2.75, 3.05) is 0 Å². The molecule has 0 aromatic carbocycles. The summed E-state index contributed by atoms with van der Waals surface area (Å²) in [6.07, 6.45) is 2.93. The molecular formula is C20H19F2N5O. The van der Waals surface area contributed by atoms with Crippen LogP contribution < -0.4 is 0 Å². The van der Waals surface area contributed by atoms with Gasteiger partial charge in [0.05, 0.1) is 11.9 Å². The average molecular weight is 383 g/mol. The van der Waals surface area contributed by atoms with Crippen LogP contribution in [0.1, 0.15) is 38.8 Å². The van der Waals surface area contributed by atoms with E-state index in [2.05, 4.69) is 40.9 Å². The van der Waals surface area contributed by atoms with E-state index in [0.717, 1.165) is 0 Å². The van der Waals surface area contributed by atoms with Gasteiger partial charge in [-0.15, -0.1) is 10.2 Å². The maximum Gasteiger partial charge on any atom is 0.280 e. The van der Waals surface area contributed by atoms with Gasteiger partial charge in [-0.2, -0.15) is 0 Å². The molecule has 0 amide bonds. The van der Waals surface area contributed by atoms with Crippen LogP contribution in [0.25, 0.3) is 28.2 Å². The van der Waals surface area contributed by atoms with Crippen molar-refractivity contribution in [2.45, 2.75) is 33.6 Å². The van der Waals surface area contributed by atoms with Crippen molar-refractivity contribution in [3.8, 4) is 22.6 Å². The van der Waals surface area contributed by atoms with Crippen molar-refractivity contribution in [1.82, 2.24) is 24.6 Å². The predicted octanol–water partition coefficient (Wildman–Crippen LogP) is 4.97. The van der Waals surface area contributed by atoms with E-state index in [-0.39, 0.29) is 11.1 Å². The number of hydrogen-bond donors (Lipinski definition) is 0. The van der Waals surface area contributed by atoms with Crippen molar-refractivity contribution in [3.05, 3.63) is 54.6 Å². The summed E-state index contributed by atoms with van der Waals surface area (Å²) in [5.74, 6) is 1.09. The predicted molar refractivity (Wildman–Crippen MR) is 99.8 cm³/mol.